The monoisotopic (exact) mass is 380 g/mol. The van der Waals surface area contributed by atoms with Crippen LogP contribution in [0.1, 0.15) is 56.2 Å². The first kappa shape index (κ1) is 19.0. The molecule has 0 radical (unpaired) electrons. The van der Waals surface area contributed by atoms with Crippen molar-refractivity contribution in [3.05, 3.63) is 47.5 Å². The van der Waals surface area contributed by atoms with Gasteiger partial charge in [-0.25, -0.2) is 0 Å². The molecule has 0 bridgehead atoms. The largest absolute Gasteiger partial charge is 0.357 e. The Labute approximate surface area is 167 Å². The smallest absolute Gasteiger partial charge is 0.191 e. The van der Waals surface area contributed by atoms with Crippen LogP contribution in [0.3, 0.4) is 0 Å². The van der Waals surface area contributed by atoms with Crippen LogP contribution in [-0.4, -0.2) is 40.4 Å². The van der Waals surface area contributed by atoms with Crippen LogP contribution in [0.25, 0.3) is 0 Å². The van der Waals surface area contributed by atoms with Crippen molar-refractivity contribution in [2.24, 2.45) is 4.99 Å². The fraction of sp³-hybridized carbons (Fsp3) is 0.591. The number of nitrogens with zero attached hydrogens (tertiary/aromatic N) is 4. The van der Waals surface area contributed by atoms with Crippen LogP contribution in [0, 0.1) is 0 Å². The maximum atomic E-state index is 4.90. The number of hydrogen-bond donors (Lipinski definition) is 2. The molecule has 0 unspecified atom stereocenters. The predicted molar refractivity (Wildman–Crippen MR) is 113 cm³/mol. The van der Waals surface area contributed by atoms with E-state index in [1.807, 2.05) is 0 Å². The van der Waals surface area contributed by atoms with E-state index in [1.54, 1.807) is 0 Å². The molecule has 6 nitrogen and oxygen atoms in total. The van der Waals surface area contributed by atoms with Gasteiger partial charge in [-0.2, -0.15) is 0 Å². The number of aromatic nitrogens is 3. The maximum absolute atomic E-state index is 4.90. The molecule has 1 fully saturated rings. The predicted octanol–water partition coefficient (Wildman–Crippen LogP) is 2.83. The van der Waals surface area contributed by atoms with E-state index in [0.29, 0.717) is 0 Å². The molecular weight excluding hydrogens is 348 g/mol. The Balaban J connectivity index is 1.34. The topological polar surface area (TPSA) is 67.1 Å². The zero-order valence-corrected chi connectivity index (χ0v) is 17.0. The molecule has 1 aliphatic carbocycles. The molecule has 2 aliphatic rings. The van der Waals surface area contributed by atoms with Gasteiger partial charge in [0.15, 0.2) is 5.96 Å². The second kappa shape index (κ2) is 8.76. The van der Waals surface area contributed by atoms with Crippen molar-refractivity contribution in [1.82, 2.24) is 25.4 Å². The highest BCUT2D eigenvalue weighted by molar-refractivity contribution is 5.79. The first-order valence-corrected chi connectivity index (χ1v) is 10.8. The van der Waals surface area contributed by atoms with Gasteiger partial charge in [-0.1, -0.05) is 36.8 Å². The van der Waals surface area contributed by atoms with Gasteiger partial charge < -0.3 is 15.2 Å². The van der Waals surface area contributed by atoms with Crippen molar-refractivity contribution in [2.75, 3.05) is 19.6 Å². The Morgan fingerprint density at radius 2 is 1.96 bits per heavy atom. The molecule has 2 heterocycles. The molecule has 1 aromatic heterocycles. The van der Waals surface area contributed by atoms with Gasteiger partial charge in [0.05, 0.1) is 6.54 Å². The summed E-state index contributed by atoms with van der Waals surface area (Å²) in [5.74, 6) is 3.16. The summed E-state index contributed by atoms with van der Waals surface area (Å²) in [5.41, 5.74) is 1.66. The van der Waals surface area contributed by atoms with E-state index in [1.165, 1.54) is 37.7 Å². The first-order valence-electron chi connectivity index (χ1n) is 10.8. The van der Waals surface area contributed by atoms with Crippen LogP contribution in [0.15, 0.2) is 35.3 Å². The highest BCUT2D eigenvalue weighted by Crippen LogP contribution is 2.48. The maximum Gasteiger partial charge on any atom is 0.191 e. The second-order valence-corrected chi connectivity index (χ2v) is 8.01. The number of fused-ring (bicyclic) bond motifs is 1. The van der Waals surface area contributed by atoms with Crippen LogP contribution in [0.4, 0.5) is 0 Å². The fourth-order valence-corrected chi connectivity index (χ4v) is 4.08. The number of aliphatic imine (C=N–C) groups is 1. The standard InChI is InChI=1S/C22H32N6/c1-2-23-21(25-17-22(13-14-22)18-9-5-3-6-10-18)24-15-12-20-27-26-19-11-7-4-8-16-28(19)20/h3,5-6,9-10H,2,4,7-8,11-17H2,1H3,(H2,23,24,25). The molecule has 150 valence electrons. The van der Waals surface area contributed by atoms with Gasteiger partial charge in [-0.05, 0) is 38.2 Å². The van der Waals surface area contributed by atoms with E-state index in [0.717, 1.165) is 56.6 Å². The van der Waals surface area contributed by atoms with Gasteiger partial charge in [-0.3, -0.25) is 4.99 Å². The summed E-state index contributed by atoms with van der Waals surface area (Å²) >= 11 is 0. The first-order chi connectivity index (χ1) is 13.8. The van der Waals surface area contributed by atoms with E-state index in [4.69, 9.17) is 4.99 Å². The lowest BCUT2D eigenvalue weighted by Crippen LogP contribution is -2.39. The average molecular weight is 381 g/mol. The summed E-state index contributed by atoms with van der Waals surface area (Å²) in [6.07, 6.45) is 8.15. The van der Waals surface area contributed by atoms with Gasteiger partial charge in [0.1, 0.15) is 11.6 Å². The highest BCUT2D eigenvalue weighted by atomic mass is 15.3. The molecule has 2 N–H and O–H groups in total. The zero-order valence-electron chi connectivity index (χ0n) is 17.0. The van der Waals surface area contributed by atoms with Gasteiger partial charge >= 0.3 is 0 Å². The number of guanidine groups is 1. The van der Waals surface area contributed by atoms with Crippen molar-refractivity contribution >= 4 is 5.96 Å². The summed E-state index contributed by atoms with van der Waals surface area (Å²) in [7, 11) is 0. The van der Waals surface area contributed by atoms with E-state index in [2.05, 4.69) is 62.7 Å². The fourth-order valence-electron chi connectivity index (χ4n) is 4.08. The Kier molecular flexibility index (Phi) is 5.93. The summed E-state index contributed by atoms with van der Waals surface area (Å²) in [6.45, 7) is 5.70. The van der Waals surface area contributed by atoms with Gasteiger partial charge in [0.2, 0.25) is 0 Å². The lowest BCUT2D eigenvalue weighted by Gasteiger charge is -2.16. The minimum atomic E-state index is 0.244. The van der Waals surface area contributed by atoms with E-state index < -0.39 is 0 Å². The van der Waals surface area contributed by atoms with Crippen molar-refractivity contribution in [2.45, 2.75) is 63.8 Å². The molecular formula is C22H32N6. The number of benzene rings is 1. The van der Waals surface area contributed by atoms with E-state index in [9.17, 15) is 0 Å². The molecule has 0 saturated heterocycles. The summed E-state index contributed by atoms with van der Waals surface area (Å²) in [6, 6.07) is 10.8. The minimum absolute atomic E-state index is 0.244. The van der Waals surface area contributed by atoms with Crippen LogP contribution >= 0.6 is 0 Å². The average Bonchev–Trinajstić information content (AvgIpc) is 3.48. The quantitative estimate of drug-likeness (QED) is 0.573. The lowest BCUT2D eigenvalue weighted by atomic mass is 9.96. The molecule has 28 heavy (non-hydrogen) atoms. The summed E-state index contributed by atoms with van der Waals surface area (Å²) < 4.78 is 2.33. The third kappa shape index (κ3) is 4.37. The van der Waals surface area contributed by atoms with Gasteiger partial charge in [0, 0.05) is 37.9 Å². The lowest BCUT2D eigenvalue weighted by molar-refractivity contribution is 0.600. The second-order valence-electron chi connectivity index (χ2n) is 8.01. The molecule has 1 aliphatic heterocycles. The molecule has 1 saturated carbocycles. The Morgan fingerprint density at radius 3 is 2.75 bits per heavy atom. The Bertz CT molecular complexity index is 791. The molecule has 0 spiro atoms. The van der Waals surface area contributed by atoms with Crippen LogP contribution in [0.2, 0.25) is 0 Å². The van der Waals surface area contributed by atoms with E-state index >= 15 is 0 Å². The zero-order chi connectivity index (χ0) is 19.2. The Morgan fingerprint density at radius 1 is 1.11 bits per heavy atom. The molecule has 2 aromatic rings. The number of rotatable bonds is 7. The summed E-state index contributed by atoms with van der Waals surface area (Å²) in [5, 5.41) is 15.7. The molecule has 4 rings (SSSR count). The number of aryl methyl sites for hydroxylation is 1. The van der Waals surface area contributed by atoms with Crippen LogP contribution in [0.5, 0.6) is 0 Å². The van der Waals surface area contributed by atoms with Crippen molar-refractivity contribution in [1.29, 1.82) is 0 Å². The third-order valence-electron chi connectivity index (χ3n) is 5.95. The Hall–Kier alpha value is -2.37. The van der Waals surface area contributed by atoms with Crippen LogP contribution < -0.4 is 10.6 Å². The summed E-state index contributed by atoms with van der Waals surface area (Å²) in [4.78, 5) is 4.90. The van der Waals surface area contributed by atoms with Gasteiger partial charge in [0.25, 0.3) is 0 Å². The van der Waals surface area contributed by atoms with Crippen molar-refractivity contribution in [3.63, 3.8) is 0 Å². The normalized spacial score (nSPS) is 18.2. The van der Waals surface area contributed by atoms with Crippen molar-refractivity contribution in [3.8, 4) is 0 Å². The molecule has 1 aromatic carbocycles. The highest BCUT2D eigenvalue weighted by Gasteiger charge is 2.43. The molecule has 6 heteroatoms. The van der Waals surface area contributed by atoms with E-state index in [-0.39, 0.29) is 5.41 Å². The van der Waals surface area contributed by atoms with Crippen LogP contribution in [-0.2, 0) is 24.8 Å². The molecule has 0 atom stereocenters. The number of nitrogens with one attached hydrogen (secondary N) is 2. The SMILES string of the molecule is CCNC(=NCC1(c2ccccc2)CC1)NCCc1nnc2n1CCCCC2. The number of hydrogen-bond acceptors (Lipinski definition) is 3. The minimum Gasteiger partial charge on any atom is -0.357 e. The van der Waals surface area contributed by atoms with Gasteiger partial charge in [-0.15, -0.1) is 10.2 Å². The van der Waals surface area contributed by atoms with Crippen molar-refractivity contribution < 1.29 is 0 Å². The molecule has 0 amide bonds. The third-order valence-corrected chi connectivity index (χ3v) is 5.95.